The van der Waals surface area contributed by atoms with Gasteiger partial charge in [-0.25, -0.2) is 4.72 Å². The van der Waals surface area contributed by atoms with Crippen molar-refractivity contribution >= 4 is 17.2 Å². The Kier molecular flexibility index (Phi) is 3.33. The predicted octanol–water partition coefficient (Wildman–Crippen LogP) is -1.55. The average Bonchev–Trinajstić information content (AvgIpc) is 1.61. The van der Waals surface area contributed by atoms with Gasteiger partial charge >= 0.3 is 5.97 Å². The van der Waals surface area contributed by atoms with Crippen LogP contribution in [0.3, 0.4) is 0 Å². The van der Waals surface area contributed by atoms with Gasteiger partial charge in [0.2, 0.25) is 0 Å². The van der Waals surface area contributed by atoms with Crippen molar-refractivity contribution in [3.8, 4) is 0 Å². The zero-order valence-corrected chi connectivity index (χ0v) is 4.60. The lowest BCUT2D eigenvalue weighted by Crippen LogP contribution is -2.23. The predicted molar refractivity (Wildman–Crippen MR) is 24.6 cm³/mol. The van der Waals surface area contributed by atoms with E-state index in [1.54, 1.807) is 4.72 Å². The fraction of sp³-hybridized carbons (Fsp3) is 0.500. The molecule has 0 saturated carbocycles. The topological polar surface area (TPSA) is 89.5 Å². The van der Waals surface area contributed by atoms with Gasteiger partial charge in [-0.15, -0.1) is 0 Å². The molecule has 0 fully saturated rings. The highest BCUT2D eigenvalue weighted by Crippen LogP contribution is 1.61. The van der Waals surface area contributed by atoms with Crippen LogP contribution in [0.2, 0.25) is 0 Å². The summed E-state index contributed by atoms with van der Waals surface area (Å²) in [5, 5.41) is 7.83. The van der Waals surface area contributed by atoms with Gasteiger partial charge in [-0.05, 0) is 0 Å². The quantitative estimate of drug-likeness (QED) is 0.462. The van der Waals surface area contributed by atoms with Crippen molar-refractivity contribution in [2.24, 2.45) is 0 Å². The van der Waals surface area contributed by atoms with Crippen molar-refractivity contribution in [2.75, 3.05) is 6.54 Å². The van der Waals surface area contributed by atoms with Crippen LogP contribution in [0.5, 0.6) is 0 Å². The number of hydrogen-bond acceptors (Lipinski definition) is 3. The first-order chi connectivity index (χ1) is 3.63. The summed E-state index contributed by atoms with van der Waals surface area (Å²) in [6.07, 6.45) is 0. The molecular weight excluding hydrogens is 134 g/mol. The summed E-state index contributed by atoms with van der Waals surface area (Å²) in [4.78, 5) is 9.57. The summed E-state index contributed by atoms with van der Waals surface area (Å²) in [5.74, 6) is -1.20. The van der Waals surface area contributed by atoms with Crippen molar-refractivity contribution in [3.63, 3.8) is 0 Å². The van der Waals surface area contributed by atoms with Crippen molar-refractivity contribution in [3.05, 3.63) is 0 Å². The van der Waals surface area contributed by atoms with E-state index >= 15 is 0 Å². The van der Waals surface area contributed by atoms with Crippen LogP contribution in [-0.4, -0.2) is 26.4 Å². The van der Waals surface area contributed by atoms with E-state index in [0.29, 0.717) is 0 Å². The number of nitrogens with one attached hydrogen (secondary N) is 1. The summed E-state index contributed by atoms with van der Waals surface area (Å²) >= 11 is -2.47. The summed E-state index contributed by atoms with van der Waals surface area (Å²) in [5.41, 5.74) is 0. The fourth-order valence-corrected chi connectivity index (χ4v) is 0.362. The van der Waals surface area contributed by atoms with E-state index in [2.05, 4.69) is 0 Å². The van der Waals surface area contributed by atoms with Gasteiger partial charge in [0.05, 0.1) is 0 Å². The third kappa shape index (κ3) is 5.54. The molecule has 0 spiro atoms. The maximum Gasteiger partial charge on any atom is 0.318 e. The molecule has 5 nitrogen and oxygen atoms in total. The minimum absolute atomic E-state index is 0.559. The molecule has 0 aromatic carbocycles. The molecule has 1 atom stereocenters. The van der Waals surface area contributed by atoms with Gasteiger partial charge in [0.1, 0.15) is 6.54 Å². The van der Waals surface area contributed by atoms with E-state index in [-0.39, 0.29) is 0 Å². The third-order valence-corrected chi connectivity index (χ3v) is 0.721. The molecule has 0 aliphatic carbocycles. The number of rotatable bonds is 3. The second-order valence-corrected chi connectivity index (χ2v) is 1.71. The SMILES string of the molecule is O=C(O)CNS(=O)[O-]. The molecule has 0 amide bonds. The normalized spacial score (nSPS) is 13.1. The molecule has 0 aliphatic heterocycles. The van der Waals surface area contributed by atoms with Crippen LogP contribution in [0.25, 0.3) is 0 Å². The third-order valence-electron chi connectivity index (χ3n) is 0.341. The van der Waals surface area contributed by atoms with Crippen molar-refractivity contribution in [2.45, 2.75) is 0 Å². The highest BCUT2D eigenvalue weighted by molar-refractivity contribution is 7.77. The van der Waals surface area contributed by atoms with Gasteiger partial charge < -0.3 is 9.66 Å². The largest absolute Gasteiger partial charge is 0.760 e. The molecule has 8 heavy (non-hydrogen) atoms. The monoisotopic (exact) mass is 138 g/mol. The Morgan fingerprint density at radius 1 is 1.88 bits per heavy atom. The maximum absolute atomic E-state index is 9.57. The Morgan fingerprint density at radius 2 is 2.38 bits per heavy atom. The molecule has 1 unspecified atom stereocenters. The summed E-state index contributed by atoms with van der Waals surface area (Å²) in [7, 11) is 0. The highest BCUT2D eigenvalue weighted by Gasteiger charge is 1.91. The Hall–Kier alpha value is -0.460. The zero-order valence-electron chi connectivity index (χ0n) is 3.79. The molecule has 0 heterocycles. The van der Waals surface area contributed by atoms with E-state index < -0.39 is 23.8 Å². The van der Waals surface area contributed by atoms with E-state index in [1.807, 2.05) is 0 Å². The molecule has 0 aromatic rings. The van der Waals surface area contributed by atoms with Crippen molar-refractivity contribution in [1.29, 1.82) is 0 Å². The number of carbonyl (C=O) groups is 1. The highest BCUT2D eigenvalue weighted by atomic mass is 32.2. The fourth-order valence-electron chi connectivity index (χ4n) is 0.121. The van der Waals surface area contributed by atoms with Crippen LogP contribution < -0.4 is 4.72 Å². The Balaban J connectivity index is 3.18. The molecule has 0 aliphatic rings. The molecule has 0 saturated heterocycles. The van der Waals surface area contributed by atoms with E-state index in [1.165, 1.54) is 0 Å². The van der Waals surface area contributed by atoms with Crippen LogP contribution in [0, 0.1) is 0 Å². The van der Waals surface area contributed by atoms with Crippen LogP contribution in [0.1, 0.15) is 0 Å². The lowest BCUT2D eigenvalue weighted by atomic mass is 10.7. The van der Waals surface area contributed by atoms with Crippen LogP contribution in [0.4, 0.5) is 0 Å². The molecule has 6 heteroatoms. The second-order valence-electron chi connectivity index (χ2n) is 0.950. The molecule has 0 rings (SSSR count). The second kappa shape index (κ2) is 3.53. The smallest absolute Gasteiger partial charge is 0.318 e. The Bertz CT molecular complexity index is 98.6. The van der Waals surface area contributed by atoms with E-state index in [4.69, 9.17) is 5.11 Å². The number of aliphatic carboxylic acids is 1. The van der Waals surface area contributed by atoms with Gasteiger partial charge in [0, 0.05) is 11.3 Å². The summed E-state index contributed by atoms with van der Waals surface area (Å²) in [6, 6.07) is 0. The van der Waals surface area contributed by atoms with Crippen LogP contribution in [0.15, 0.2) is 0 Å². The minimum Gasteiger partial charge on any atom is -0.760 e. The molecule has 0 radical (unpaired) electrons. The van der Waals surface area contributed by atoms with E-state index in [9.17, 15) is 13.6 Å². The van der Waals surface area contributed by atoms with Crippen LogP contribution in [-0.2, 0) is 16.1 Å². The van der Waals surface area contributed by atoms with Crippen molar-refractivity contribution < 1.29 is 18.7 Å². The van der Waals surface area contributed by atoms with Crippen LogP contribution >= 0.6 is 0 Å². The molecule has 0 bridgehead atoms. The Morgan fingerprint density at radius 3 is 2.50 bits per heavy atom. The summed E-state index contributed by atoms with van der Waals surface area (Å²) in [6.45, 7) is -0.559. The van der Waals surface area contributed by atoms with E-state index in [0.717, 1.165) is 0 Å². The molecule has 0 aromatic heterocycles. The van der Waals surface area contributed by atoms with Gasteiger partial charge in [0.15, 0.2) is 0 Å². The lowest BCUT2D eigenvalue weighted by molar-refractivity contribution is -0.135. The maximum atomic E-state index is 9.57. The van der Waals surface area contributed by atoms with Crippen molar-refractivity contribution in [1.82, 2.24) is 4.72 Å². The number of carboxylic acids is 1. The zero-order chi connectivity index (χ0) is 6.57. The minimum atomic E-state index is -2.47. The first kappa shape index (κ1) is 7.54. The number of carboxylic acid groups (broad SMARTS) is 1. The van der Waals surface area contributed by atoms with Gasteiger partial charge in [0.25, 0.3) is 0 Å². The first-order valence-corrected chi connectivity index (χ1v) is 2.75. The first-order valence-electron chi connectivity index (χ1n) is 1.67. The average molecular weight is 138 g/mol. The molecule has 48 valence electrons. The Labute approximate surface area is 48.1 Å². The van der Waals surface area contributed by atoms with Gasteiger partial charge in [-0.3, -0.25) is 9.00 Å². The standard InChI is InChI=1S/C2H5NO4S/c4-2(5)1-3-8(6)7/h3H,1H2,(H,4,5)(H,6,7)/p-1. The number of hydrogen-bond donors (Lipinski definition) is 2. The van der Waals surface area contributed by atoms with Gasteiger partial charge in [-0.1, -0.05) is 0 Å². The lowest BCUT2D eigenvalue weighted by Gasteiger charge is -2.01. The molecular formula is C2H4NO4S-. The molecule has 2 N–H and O–H groups in total. The van der Waals surface area contributed by atoms with Gasteiger partial charge in [-0.2, -0.15) is 0 Å². The summed E-state index contributed by atoms with van der Waals surface area (Å²) < 4.78 is 20.7.